The van der Waals surface area contributed by atoms with Gasteiger partial charge >= 0.3 is 0 Å². The van der Waals surface area contributed by atoms with Gasteiger partial charge in [-0.15, -0.1) is 11.3 Å². The standard InChI is InChI=1S/C12H7BrCl2FN3O2S2/c1-19-6(3-23(20)21)8(15)10(18-19)7-5(16)2-4(14)9-11(7)22-12(13)17-9/h2,23H,3H2,1H3. The smallest absolute Gasteiger partial charge is 0.160 e. The zero-order valence-electron chi connectivity index (χ0n) is 11.3. The Kier molecular flexibility index (Phi) is 4.67. The molecule has 0 N–H and O–H groups in total. The van der Waals surface area contributed by atoms with Crippen LogP contribution in [-0.4, -0.2) is 23.2 Å². The third kappa shape index (κ3) is 3.00. The van der Waals surface area contributed by atoms with Gasteiger partial charge in [-0.3, -0.25) is 4.68 Å². The van der Waals surface area contributed by atoms with E-state index >= 15 is 0 Å². The molecule has 23 heavy (non-hydrogen) atoms. The number of hydrogen-bond donors (Lipinski definition) is 1. The monoisotopic (exact) mass is 457 g/mol. The van der Waals surface area contributed by atoms with Crippen molar-refractivity contribution in [3.8, 4) is 11.3 Å². The van der Waals surface area contributed by atoms with Crippen LogP contribution in [0.25, 0.3) is 21.5 Å². The fourth-order valence-electron chi connectivity index (χ4n) is 2.19. The lowest BCUT2D eigenvalue weighted by Gasteiger charge is -2.03. The molecule has 2 aromatic heterocycles. The Morgan fingerprint density at radius 2 is 2.13 bits per heavy atom. The summed E-state index contributed by atoms with van der Waals surface area (Å²) >= 11 is 16.7. The Bertz CT molecular complexity index is 1010. The Morgan fingerprint density at radius 1 is 1.43 bits per heavy atom. The molecule has 0 amide bonds. The summed E-state index contributed by atoms with van der Waals surface area (Å²) in [5, 5.41) is 4.46. The Balaban J connectivity index is 2.33. The molecule has 3 rings (SSSR count). The summed E-state index contributed by atoms with van der Waals surface area (Å²) in [4.78, 5) is 4.21. The SMILES string of the molecule is Cn1nc(-c2c(F)cc(Cl)c3nc(Br)sc23)c(Cl)c1C[SH](=O)=O. The van der Waals surface area contributed by atoms with Gasteiger partial charge in [0.2, 0.25) is 0 Å². The molecule has 0 saturated heterocycles. The van der Waals surface area contributed by atoms with Crippen molar-refractivity contribution >= 4 is 71.4 Å². The summed E-state index contributed by atoms with van der Waals surface area (Å²) in [6, 6.07) is 1.14. The van der Waals surface area contributed by atoms with Gasteiger partial charge in [0, 0.05) is 7.05 Å². The van der Waals surface area contributed by atoms with Gasteiger partial charge < -0.3 is 0 Å². The number of rotatable bonds is 3. The van der Waals surface area contributed by atoms with Crippen LogP contribution >= 0.6 is 50.5 Å². The van der Waals surface area contributed by atoms with Gasteiger partial charge in [0.05, 0.1) is 31.8 Å². The molecule has 0 aliphatic carbocycles. The number of hydrogen-bond acceptors (Lipinski definition) is 5. The summed E-state index contributed by atoms with van der Waals surface area (Å²) in [7, 11) is -1.13. The normalized spacial score (nSPS) is 11.7. The largest absolute Gasteiger partial charge is 0.269 e. The minimum atomic E-state index is -2.69. The van der Waals surface area contributed by atoms with Gasteiger partial charge in [0.15, 0.2) is 3.92 Å². The van der Waals surface area contributed by atoms with Crippen LogP contribution in [0.3, 0.4) is 0 Å². The third-order valence-corrected chi connectivity index (χ3v) is 5.93. The van der Waals surface area contributed by atoms with Crippen molar-refractivity contribution in [1.29, 1.82) is 0 Å². The van der Waals surface area contributed by atoms with Crippen LogP contribution in [0.2, 0.25) is 10.0 Å². The van der Waals surface area contributed by atoms with Crippen LogP contribution in [0.5, 0.6) is 0 Å². The predicted octanol–water partition coefficient (Wildman–Crippen LogP) is 4.02. The van der Waals surface area contributed by atoms with Crippen molar-refractivity contribution in [3.05, 3.63) is 31.5 Å². The summed E-state index contributed by atoms with van der Waals surface area (Å²) in [5.74, 6) is -0.876. The van der Waals surface area contributed by atoms with Crippen LogP contribution in [0.15, 0.2) is 9.98 Å². The molecule has 0 saturated carbocycles. The highest BCUT2D eigenvalue weighted by molar-refractivity contribution is 9.11. The fraction of sp³-hybridized carbons (Fsp3) is 0.167. The zero-order valence-corrected chi connectivity index (χ0v) is 16.1. The van der Waals surface area contributed by atoms with Gasteiger partial charge in [-0.25, -0.2) is 17.8 Å². The van der Waals surface area contributed by atoms with Gasteiger partial charge in [-0.1, -0.05) is 23.2 Å². The maximum atomic E-state index is 14.5. The van der Waals surface area contributed by atoms with E-state index in [9.17, 15) is 12.8 Å². The molecule has 0 aliphatic rings. The van der Waals surface area contributed by atoms with Crippen molar-refractivity contribution < 1.29 is 12.8 Å². The second kappa shape index (κ2) is 6.29. The van der Waals surface area contributed by atoms with Crippen molar-refractivity contribution in [1.82, 2.24) is 14.8 Å². The Morgan fingerprint density at radius 3 is 2.78 bits per heavy atom. The van der Waals surface area contributed by atoms with E-state index < -0.39 is 16.5 Å². The highest BCUT2D eigenvalue weighted by Gasteiger charge is 2.24. The van der Waals surface area contributed by atoms with Crippen LogP contribution in [0, 0.1) is 5.82 Å². The quantitative estimate of drug-likeness (QED) is 0.602. The van der Waals surface area contributed by atoms with E-state index in [4.69, 9.17) is 23.2 Å². The summed E-state index contributed by atoms with van der Waals surface area (Å²) < 4.78 is 38.8. The van der Waals surface area contributed by atoms with Crippen LogP contribution in [0.4, 0.5) is 4.39 Å². The lowest BCUT2D eigenvalue weighted by atomic mass is 10.1. The van der Waals surface area contributed by atoms with Gasteiger partial charge in [0.25, 0.3) is 0 Å². The van der Waals surface area contributed by atoms with Crippen molar-refractivity contribution in [3.63, 3.8) is 0 Å². The molecule has 0 bridgehead atoms. The number of aryl methyl sites for hydroxylation is 1. The van der Waals surface area contributed by atoms with E-state index in [2.05, 4.69) is 26.0 Å². The fourth-order valence-corrected chi connectivity index (χ4v) is 5.02. The van der Waals surface area contributed by atoms with E-state index in [0.717, 1.165) is 6.07 Å². The average Bonchev–Trinajstić information content (AvgIpc) is 2.95. The number of thiazole rings is 1. The van der Waals surface area contributed by atoms with E-state index in [1.54, 1.807) is 7.05 Å². The van der Waals surface area contributed by atoms with Crippen LogP contribution in [-0.2, 0) is 23.5 Å². The number of thiol groups is 1. The van der Waals surface area contributed by atoms with Crippen molar-refractivity contribution in [2.24, 2.45) is 7.05 Å². The Labute approximate surface area is 154 Å². The lowest BCUT2D eigenvalue weighted by Crippen LogP contribution is -1.99. The number of halogens is 4. The first-order valence-corrected chi connectivity index (χ1v) is 9.80. The molecule has 5 nitrogen and oxygen atoms in total. The van der Waals surface area contributed by atoms with Crippen molar-refractivity contribution in [2.75, 3.05) is 0 Å². The molecule has 0 spiro atoms. The topological polar surface area (TPSA) is 64.8 Å². The summed E-state index contributed by atoms with van der Waals surface area (Å²) in [5.41, 5.74) is 1.04. The molecular formula is C12H7BrCl2FN3O2S2. The van der Waals surface area contributed by atoms with E-state index in [1.165, 1.54) is 16.0 Å². The minimum Gasteiger partial charge on any atom is -0.269 e. The van der Waals surface area contributed by atoms with E-state index in [0.29, 0.717) is 19.8 Å². The number of fused-ring (bicyclic) bond motifs is 1. The van der Waals surface area contributed by atoms with E-state index in [1.807, 2.05) is 0 Å². The lowest BCUT2D eigenvalue weighted by molar-refractivity contribution is 0.610. The molecule has 2 heterocycles. The van der Waals surface area contributed by atoms with E-state index in [-0.39, 0.29) is 27.1 Å². The molecule has 0 aliphatic heterocycles. The maximum absolute atomic E-state index is 14.5. The molecule has 0 fully saturated rings. The summed E-state index contributed by atoms with van der Waals surface area (Å²) in [6.45, 7) is 0. The molecule has 11 heteroatoms. The molecule has 122 valence electrons. The summed E-state index contributed by atoms with van der Waals surface area (Å²) in [6.07, 6.45) is 0. The van der Waals surface area contributed by atoms with Gasteiger partial charge in [-0.2, -0.15) is 5.10 Å². The Hall–Kier alpha value is -0.740. The number of aromatic nitrogens is 3. The second-order valence-corrected chi connectivity index (χ2v) is 8.63. The molecule has 1 aromatic carbocycles. The van der Waals surface area contributed by atoms with Crippen LogP contribution < -0.4 is 0 Å². The second-order valence-electron chi connectivity index (χ2n) is 4.58. The predicted molar refractivity (Wildman–Crippen MR) is 93.5 cm³/mol. The maximum Gasteiger partial charge on any atom is 0.160 e. The zero-order chi connectivity index (χ0) is 16.9. The molecule has 0 atom stereocenters. The van der Waals surface area contributed by atoms with Crippen LogP contribution in [0.1, 0.15) is 5.69 Å². The number of benzene rings is 1. The first kappa shape index (κ1) is 17.1. The molecule has 0 radical (unpaired) electrons. The first-order valence-electron chi connectivity index (χ1n) is 6.07. The third-order valence-electron chi connectivity index (χ3n) is 3.16. The average molecular weight is 459 g/mol. The molecule has 3 aromatic rings. The van der Waals surface area contributed by atoms with Gasteiger partial charge in [0.1, 0.15) is 27.7 Å². The highest BCUT2D eigenvalue weighted by Crippen LogP contribution is 2.42. The number of nitrogens with zero attached hydrogens (tertiary/aromatic N) is 3. The molecular weight excluding hydrogens is 452 g/mol. The molecule has 0 unspecified atom stereocenters. The van der Waals surface area contributed by atoms with Crippen molar-refractivity contribution in [2.45, 2.75) is 5.75 Å². The first-order chi connectivity index (χ1) is 10.8. The highest BCUT2D eigenvalue weighted by atomic mass is 79.9. The van der Waals surface area contributed by atoms with Gasteiger partial charge in [-0.05, 0) is 22.0 Å². The minimum absolute atomic E-state index is 0.0961.